The Kier molecular flexibility index (Phi) is 6.22. The standard InChI is InChI=1S/C20H20ClFN6O3S/c1-13-24-25-26-28(13)18-12-15(6-8-17(18)22)23-20(29)14-5-7-16(21)19(11-14)32(30,31)27-9-3-2-4-10-27/h5-8,11-12H,2-4,9-10H2,1H3,(H,23,29). The van der Waals surface area contributed by atoms with Crippen molar-refractivity contribution in [3.63, 3.8) is 0 Å². The lowest BCUT2D eigenvalue weighted by atomic mass is 10.2. The van der Waals surface area contributed by atoms with Crippen molar-refractivity contribution < 1.29 is 17.6 Å². The van der Waals surface area contributed by atoms with E-state index in [9.17, 15) is 17.6 Å². The van der Waals surface area contributed by atoms with Gasteiger partial charge in [-0.25, -0.2) is 12.8 Å². The van der Waals surface area contributed by atoms with Crippen LogP contribution in [0.1, 0.15) is 35.4 Å². The van der Waals surface area contributed by atoms with Crippen molar-refractivity contribution in [1.82, 2.24) is 24.5 Å². The summed E-state index contributed by atoms with van der Waals surface area (Å²) in [7, 11) is -3.82. The molecule has 2 heterocycles. The van der Waals surface area contributed by atoms with E-state index < -0.39 is 21.7 Å². The van der Waals surface area contributed by atoms with Gasteiger partial charge >= 0.3 is 0 Å². The fourth-order valence-electron chi connectivity index (χ4n) is 3.50. The molecule has 0 unspecified atom stereocenters. The third-order valence-corrected chi connectivity index (χ3v) is 7.56. The van der Waals surface area contributed by atoms with Crippen LogP contribution in [-0.4, -0.2) is 51.9 Å². The number of anilines is 1. The van der Waals surface area contributed by atoms with E-state index in [0.29, 0.717) is 18.9 Å². The number of nitrogens with one attached hydrogen (secondary N) is 1. The highest BCUT2D eigenvalue weighted by Crippen LogP contribution is 2.28. The van der Waals surface area contributed by atoms with Gasteiger partial charge in [-0.05, 0) is 66.6 Å². The fraction of sp³-hybridized carbons (Fsp3) is 0.300. The molecule has 4 rings (SSSR count). The molecule has 0 bridgehead atoms. The van der Waals surface area contributed by atoms with Gasteiger partial charge in [-0.3, -0.25) is 4.79 Å². The molecule has 1 N–H and O–H groups in total. The lowest BCUT2D eigenvalue weighted by Crippen LogP contribution is -2.35. The number of carbonyl (C=O) groups excluding carboxylic acids is 1. The first-order valence-electron chi connectivity index (χ1n) is 9.93. The lowest BCUT2D eigenvalue weighted by molar-refractivity contribution is 0.102. The van der Waals surface area contributed by atoms with Crippen LogP contribution in [0.25, 0.3) is 5.69 Å². The SMILES string of the molecule is Cc1nnnn1-c1cc(NC(=O)c2ccc(Cl)c(S(=O)(=O)N3CCCCC3)c2)ccc1F. The minimum atomic E-state index is -3.82. The lowest BCUT2D eigenvalue weighted by Gasteiger charge is -2.26. The Morgan fingerprint density at radius 3 is 2.56 bits per heavy atom. The Balaban J connectivity index is 1.61. The maximum absolute atomic E-state index is 14.3. The van der Waals surface area contributed by atoms with Crippen LogP contribution < -0.4 is 5.32 Å². The first-order valence-corrected chi connectivity index (χ1v) is 11.7. The van der Waals surface area contributed by atoms with Gasteiger partial charge in [0, 0.05) is 24.3 Å². The molecule has 0 atom stereocenters. The number of carbonyl (C=O) groups is 1. The van der Waals surface area contributed by atoms with Crippen LogP contribution in [0.15, 0.2) is 41.3 Å². The number of hydrogen-bond donors (Lipinski definition) is 1. The van der Waals surface area contributed by atoms with Gasteiger partial charge in [0.05, 0.1) is 5.02 Å². The van der Waals surface area contributed by atoms with Crippen molar-refractivity contribution in [3.05, 3.63) is 58.6 Å². The van der Waals surface area contributed by atoms with E-state index in [2.05, 4.69) is 20.8 Å². The number of nitrogens with zero attached hydrogens (tertiary/aromatic N) is 5. The zero-order valence-corrected chi connectivity index (χ0v) is 18.7. The number of piperidine rings is 1. The van der Waals surface area contributed by atoms with Gasteiger partial charge in [-0.15, -0.1) is 5.10 Å². The van der Waals surface area contributed by atoms with E-state index in [4.69, 9.17) is 11.6 Å². The molecule has 1 aliphatic rings. The Bertz CT molecular complexity index is 1270. The Morgan fingerprint density at radius 2 is 1.88 bits per heavy atom. The molecule has 1 aliphatic heterocycles. The number of rotatable bonds is 5. The molecule has 1 fully saturated rings. The van der Waals surface area contributed by atoms with Gasteiger partial charge in [0.15, 0.2) is 5.82 Å². The Morgan fingerprint density at radius 1 is 1.12 bits per heavy atom. The number of sulfonamides is 1. The van der Waals surface area contributed by atoms with Crippen molar-refractivity contribution in [2.75, 3.05) is 18.4 Å². The Hall–Kier alpha value is -2.89. The molecule has 0 aliphatic carbocycles. The molecule has 12 heteroatoms. The van der Waals surface area contributed by atoms with Crippen molar-refractivity contribution in [2.24, 2.45) is 0 Å². The van der Waals surface area contributed by atoms with Crippen molar-refractivity contribution >= 4 is 33.2 Å². The summed E-state index contributed by atoms with van der Waals surface area (Å²) >= 11 is 6.17. The second-order valence-electron chi connectivity index (χ2n) is 7.37. The van der Waals surface area contributed by atoms with Crippen LogP contribution in [0.4, 0.5) is 10.1 Å². The number of aryl methyl sites for hydroxylation is 1. The van der Waals surface area contributed by atoms with Gasteiger partial charge < -0.3 is 5.32 Å². The summed E-state index contributed by atoms with van der Waals surface area (Å²) in [6, 6.07) is 8.03. The maximum Gasteiger partial charge on any atom is 0.255 e. The van der Waals surface area contributed by atoms with E-state index in [1.165, 1.54) is 45.4 Å². The smallest absolute Gasteiger partial charge is 0.255 e. The summed E-state index contributed by atoms with van der Waals surface area (Å²) in [5, 5.41) is 13.6. The molecule has 32 heavy (non-hydrogen) atoms. The second kappa shape index (κ2) is 8.93. The van der Waals surface area contributed by atoms with E-state index in [1.54, 1.807) is 6.92 Å². The number of tetrazole rings is 1. The molecule has 1 amide bonds. The summed E-state index contributed by atoms with van der Waals surface area (Å²) in [6.45, 7) is 2.46. The molecule has 0 spiro atoms. The minimum absolute atomic E-state index is 0.0466. The number of hydrogen-bond acceptors (Lipinski definition) is 6. The van der Waals surface area contributed by atoms with Crippen LogP contribution in [0, 0.1) is 12.7 Å². The molecule has 3 aromatic rings. The highest BCUT2D eigenvalue weighted by Gasteiger charge is 2.28. The van der Waals surface area contributed by atoms with E-state index in [-0.39, 0.29) is 26.9 Å². The average Bonchev–Trinajstić information content (AvgIpc) is 3.21. The van der Waals surface area contributed by atoms with Crippen LogP contribution >= 0.6 is 11.6 Å². The van der Waals surface area contributed by atoms with Crippen molar-refractivity contribution in [3.8, 4) is 5.69 Å². The molecular weight excluding hydrogens is 459 g/mol. The number of benzene rings is 2. The van der Waals surface area contributed by atoms with Crippen LogP contribution in [-0.2, 0) is 10.0 Å². The Labute approximate surface area is 189 Å². The summed E-state index contributed by atoms with van der Waals surface area (Å²) in [5.41, 5.74) is 0.459. The molecule has 0 saturated carbocycles. The van der Waals surface area contributed by atoms with E-state index >= 15 is 0 Å². The maximum atomic E-state index is 14.3. The topological polar surface area (TPSA) is 110 Å². The summed E-state index contributed by atoms with van der Waals surface area (Å²) in [5.74, 6) is -0.764. The fourth-order valence-corrected chi connectivity index (χ4v) is 5.51. The summed E-state index contributed by atoms with van der Waals surface area (Å²) < 4.78 is 42.9. The molecule has 9 nitrogen and oxygen atoms in total. The van der Waals surface area contributed by atoms with Crippen molar-refractivity contribution in [2.45, 2.75) is 31.1 Å². The molecule has 2 aromatic carbocycles. The van der Waals surface area contributed by atoms with Gasteiger partial charge in [0.1, 0.15) is 16.4 Å². The zero-order valence-electron chi connectivity index (χ0n) is 17.1. The number of aromatic nitrogens is 4. The first-order chi connectivity index (χ1) is 15.3. The van der Waals surface area contributed by atoms with E-state index in [1.807, 2.05) is 0 Å². The quantitative estimate of drug-likeness (QED) is 0.603. The highest BCUT2D eigenvalue weighted by atomic mass is 35.5. The number of amides is 1. The molecule has 1 aromatic heterocycles. The third-order valence-electron chi connectivity index (χ3n) is 5.18. The van der Waals surface area contributed by atoms with Gasteiger partial charge in [-0.2, -0.15) is 8.99 Å². The second-order valence-corrected chi connectivity index (χ2v) is 9.68. The van der Waals surface area contributed by atoms with E-state index in [0.717, 1.165) is 19.3 Å². The molecule has 0 radical (unpaired) electrons. The van der Waals surface area contributed by atoms with Gasteiger partial charge in [-0.1, -0.05) is 18.0 Å². The van der Waals surface area contributed by atoms with Crippen LogP contribution in [0.2, 0.25) is 5.02 Å². The predicted octanol–water partition coefficient (Wildman–Crippen LogP) is 3.19. The van der Waals surface area contributed by atoms with Crippen LogP contribution in [0.5, 0.6) is 0 Å². The van der Waals surface area contributed by atoms with Gasteiger partial charge in [0.2, 0.25) is 10.0 Å². The largest absolute Gasteiger partial charge is 0.322 e. The third kappa shape index (κ3) is 4.36. The van der Waals surface area contributed by atoms with Crippen molar-refractivity contribution in [1.29, 1.82) is 0 Å². The molecular formula is C20H20ClFN6O3S. The zero-order chi connectivity index (χ0) is 22.9. The predicted molar refractivity (Wildman–Crippen MR) is 116 cm³/mol. The van der Waals surface area contributed by atoms with Crippen LogP contribution in [0.3, 0.4) is 0 Å². The summed E-state index contributed by atoms with van der Waals surface area (Å²) in [6.07, 6.45) is 2.54. The van der Waals surface area contributed by atoms with Gasteiger partial charge in [0.25, 0.3) is 5.91 Å². The first kappa shape index (κ1) is 22.3. The minimum Gasteiger partial charge on any atom is -0.322 e. The monoisotopic (exact) mass is 478 g/mol. The number of halogens is 2. The molecule has 1 saturated heterocycles. The molecule has 168 valence electrons. The average molecular weight is 479 g/mol. The summed E-state index contributed by atoms with van der Waals surface area (Å²) in [4.78, 5) is 12.7. The normalized spacial score (nSPS) is 15.0. The highest BCUT2D eigenvalue weighted by molar-refractivity contribution is 7.89.